The minimum absolute atomic E-state index is 0.139. The predicted molar refractivity (Wildman–Crippen MR) is 70.4 cm³/mol. The molecule has 4 heteroatoms. The van der Waals surface area contributed by atoms with E-state index in [2.05, 4.69) is 0 Å². The Hall–Kier alpha value is -1.55. The molecule has 1 aromatic rings. The van der Waals surface area contributed by atoms with Gasteiger partial charge in [-0.2, -0.15) is 0 Å². The Kier molecular flexibility index (Phi) is 4.20. The molecule has 1 aliphatic rings. The number of amides is 1. The molecule has 18 heavy (non-hydrogen) atoms. The standard InChI is InChI=1S/C14H20N2O2/c1-18-13-7-3-2-5-11(13)12-6-4-10-16(12)14(17)8-9-15/h2-3,5,7,12H,4,6,8-10,15H2,1H3/t12-/m0/s1. The molecule has 2 N–H and O–H groups in total. The van der Waals surface area contributed by atoms with Crippen LogP contribution in [0.5, 0.6) is 5.75 Å². The van der Waals surface area contributed by atoms with Gasteiger partial charge in [-0.05, 0) is 18.9 Å². The highest BCUT2D eigenvalue weighted by molar-refractivity contribution is 5.77. The minimum atomic E-state index is 0.139. The van der Waals surface area contributed by atoms with Gasteiger partial charge in [0.15, 0.2) is 0 Å². The lowest BCUT2D eigenvalue weighted by atomic mass is 10.0. The third kappa shape index (κ3) is 2.48. The van der Waals surface area contributed by atoms with Crippen molar-refractivity contribution in [3.8, 4) is 5.75 Å². The van der Waals surface area contributed by atoms with Crippen LogP contribution in [-0.2, 0) is 4.79 Å². The highest BCUT2D eigenvalue weighted by Gasteiger charge is 2.30. The zero-order valence-electron chi connectivity index (χ0n) is 10.8. The van der Waals surface area contributed by atoms with Gasteiger partial charge in [0.05, 0.1) is 13.2 Å². The number of ether oxygens (including phenoxy) is 1. The molecular weight excluding hydrogens is 228 g/mol. The van der Waals surface area contributed by atoms with Gasteiger partial charge in [-0.15, -0.1) is 0 Å². The van der Waals surface area contributed by atoms with E-state index in [1.54, 1.807) is 7.11 Å². The number of methoxy groups -OCH3 is 1. The molecule has 0 radical (unpaired) electrons. The maximum absolute atomic E-state index is 12.0. The first-order chi connectivity index (χ1) is 8.77. The summed E-state index contributed by atoms with van der Waals surface area (Å²) in [4.78, 5) is 14.0. The molecule has 1 fully saturated rings. The largest absolute Gasteiger partial charge is 0.496 e. The molecule has 1 saturated heterocycles. The molecule has 1 atom stereocenters. The number of benzene rings is 1. The van der Waals surface area contributed by atoms with Crippen molar-refractivity contribution in [3.05, 3.63) is 29.8 Å². The van der Waals surface area contributed by atoms with E-state index in [4.69, 9.17) is 10.5 Å². The van der Waals surface area contributed by atoms with Crippen molar-refractivity contribution < 1.29 is 9.53 Å². The molecule has 1 aromatic carbocycles. The van der Waals surface area contributed by atoms with Gasteiger partial charge in [-0.3, -0.25) is 4.79 Å². The fraction of sp³-hybridized carbons (Fsp3) is 0.500. The monoisotopic (exact) mass is 248 g/mol. The van der Waals surface area contributed by atoms with E-state index in [-0.39, 0.29) is 11.9 Å². The van der Waals surface area contributed by atoms with Crippen molar-refractivity contribution in [3.63, 3.8) is 0 Å². The van der Waals surface area contributed by atoms with Crippen LogP contribution in [-0.4, -0.2) is 31.0 Å². The van der Waals surface area contributed by atoms with E-state index in [1.807, 2.05) is 29.2 Å². The van der Waals surface area contributed by atoms with Crippen molar-refractivity contribution in [1.29, 1.82) is 0 Å². The summed E-state index contributed by atoms with van der Waals surface area (Å²) >= 11 is 0. The van der Waals surface area contributed by atoms with Gasteiger partial charge in [0.2, 0.25) is 5.91 Å². The van der Waals surface area contributed by atoms with Gasteiger partial charge in [-0.1, -0.05) is 18.2 Å². The third-order valence-electron chi connectivity index (χ3n) is 3.43. The van der Waals surface area contributed by atoms with Crippen LogP contribution in [0.4, 0.5) is 0 Å². The number of likely N-dealkylation sites (tertiary alicyclic amines) is 1. The van der Waals surface area contributed by atoms with Crippen LogP contribution in [0.1, 0.15) is 30.9 Å². The summed E-state index contributed by atoms with van der Waals surface area (Å²) in [6.07, 6.45) is 2.46. The average molecular weight is 248 g/mol. The summed E-state index contributed by atoms with van der Waals surface area (Å²) in [6.45, 7) is 1.23. The summed E-state index contributed by atoms with van der Waals surface area (Å²) < 4.78 is 5.38. The van der Waals surface area contributed by atoms with Crippen molar-refractivity contribution >= 4 is 5.91 Å². The van der Waals surface area contributed by atoms with Gasteiger partial charge in [-0.25, -0.2) is 0 Å². The maximum atomic E-state index is 12.0. The molecule has 1 amide bonds. The molecule has 0 aliphatic carbocycles. The number of nitrogens with zero attached hydrogens (tertiary/aromatic N) is 1. The third-order valence-corrected chi connectivity index (χ3v) is 3.43. The van der Waals surface area contributed by atoms with Crippen LogP contribution < -0.4 is 10.5 Å². The van der Waals surface area contributed by atoms with Crippen LogP contribution in [0, 0.1) is 0 Å². The minimum Gasteiger partial charge on any atom is -0.496 e. The summed E-state index contributed by atoms with van der Waals surface area (Å²) in [6, 6.07) is 8.06. The van der Waals surface area contributed by atoms with E-state index in [0.29, 0.717) is 13.0 Å². The molecule has 4 nitrogen and oxygen atoms in total. The van der Waals surface area contributed by atoms with Gasteiger partial charge < -0.3 is 15.4 Å². The zero-order chi connectivity index (χ0) is 13.0. The van der Waals surface area contributed by atoms with E-state index >= 15 is 0 Å². The average Bonchev–Trinajstić information content (AvgIpc) is 2.88. The van der Waals surface area contributed by atoms with E-state index in [0.717, 1.165) is 30.7 Å². The molecule has 1 aliphatic heterocycles. The number of para-hydroxylation sites is 1. The lowest BCUT2D eigenvalue weighted by Gasteiger charge is -2.26. The molecule has 0 aromatic heterocycles. The number of hydrogen-bond donors (Lipinski definition) is 1. The van der Waals surface area contributed by atoms with E-state index in [9.17, 15) is 4.79 Å². The molecule has 1 heterocycles. The Bertz CT molecular complexity index is 420. The lowest BCUT2D eigenvalue weighted by molar-refractivity contribution is -0.131. The second kappa shape index (κ2) is 5.87. The zero-order valence-corrected chi connectivity index (χ0v) is 10.8. The molecule has 98 valence electrons. The quantitative estimate of drug-likeness (QED) is 0.882. The second-order valence-corrected chi connectivity index (χ2v) is 4.53. The Morgan fingerprint density at radius 2 is 2.28 bits per heavy atom. The van der Waals surface area contributed by atoms with Gasteiger partial charge >= 0.3 is 0 Å². The summed E-state index contributed by atoms with van der Waals surface area (Å²) in [5.41, 5.74) is 6.56. The summed E-state index contributed by atoms with van der Waals surface area (Å²) in [5, 5.41) is 0. The number of rotatable bonds is 4. The first-order valence-corrected chi connectivity index (χ1v) is 6.40. The van der Waals surface area contributed by atoms with Crippen LogP contribution in [0.2, 0.25) is 0 Å². The molecule has 0 unspecified atom stereocenters. The highest BCUT2D eigenvalue weighted by atomic mass is 16.5. The van der Waals surface area contributed by atoms with Gasteiger partial charge in [0, 0.05) is 25.1 Å². The van der Waals surface area contributed by atoms with Crippen LogP contribution in [0.25, 0.3) is 0 Å². The van der Waals surface area contributed by atoms with E-state index < -0.39 is 0 Å². The van der Waals surface area contributed by atoms with Crippen molar-refractivity contribution in [2.24, 2.45) is 5.73 Å². The van der Waals surface area contributed by atoms with Crippen LogP contribution in [0.15, 0.2) is 24.3 Å². The fourth-order valence-electron chi connectivity index (χ4n) is 2.60. The molecule has 0 saturated carbocycles. The second-order valence-electron chi connectivity index (χ2n) is 4.53. The predicted octanol–water partition coefficient (Wildman–Crippen LogP) is 1.71. The number of hydrogen-bond acceptors (Lipinski definition) is 3. The maximum Gasteiger partial charge on any atom is 0.224 e. The van der Waals surface area contributed by atoms with Crippen molar-refractivity contribution in [2.45, 2.75) is 25.3 Å². The normalized spacial score (nSPS) is 19.0. The van der Waals surface area contributed by atoms with Crippen molar-refractivity contribution in [1.82, 2.24) is 4.90 Å². The highest BCUT2D eigenvalue weighted by Crippen LogP contribution is 2.36. The number of carbonyl (C=O) groups excluding carboxylic acids is 1. The number of nitrogens with two attached hydrogens (primary N) is 1. The Balaban J connectivity index is 2.23. The van der Waals surface area contributed by atoms with Gasteiger partial charge in [0.25, 0.3) is 0 Å². The summed E-state index contributed by atoms with van der Waals surface area (Å²) in [5.74, 6) is 1.00. The lowest BCUT2D eigenvalue weighted by Crippen LogP contribution is -2.32. The van der Waals surface area contributed by atoms with E-state index in [1.165, 1.54) is 0 Å². The van der Waals surface area contributed by atoms with Gasteiger partial charge in [0.1, 0.15) is 5.75 Å². The SMILES string of the molecule is COc1ccccc1[C@@H]1CCCN1C(=O)CCN. The first-order valence-electron chi connectivity index (χ1n) is 6.40. The van der Waals surface area contributed by atoms with Crippen LogP contribution >= 0.6 is 0 Å². The molecule has 2 rings (SSSR count). The Morgan fingerprint density at radius 3 is 3.00 bits per heavy atom. The first kappa shape index (κ1) is 12.9. The Morgan fingerprint density at radius 1 is 1.50 bits per heavy atom. The topological polar surface area (TPSA) is 55.6 Å². The smallest absolute Gasteiger partial charge is 0.224 e. The summed E-state index contributed by atoms with van der Waals surface area (Å²) in [7, 11) is 1.67. The molecular formula is C14H20N2O2. The Labute approximate surface area is 108 Å². The van der Waals surface area contributed by atoms with Crippen LogP contribution in [0.3, 0.4) is 0 Å². The fourth-order valence-corrected chi connectivity index (χ4v) is 2.60. The molecule has 0 bridgehead atoms. The number of carbonyl (C=O) groups is 1. The molecule has 0 spiro atoms. The van der Waals surface area contributed by atoms with Crippen molar-refractivity contribution in [2.75, 3.05) is 20.2 Å².